The number of hydrogen-bond donors (Lipinski definition) is 2. The van der Waals surface area contributed by atoms with Gasteiger partial charge in [0.2, 0.25) is 0 Å². The Morgan fingerprint density at radius 2 is 1.91 bits per heavy atom. The second-order valence-corrected chi connectivity index (χ2v) is 5.10. The van der Waals surface area contributed by atoms with Gasteiger partial charge in [-0.05, 0) is 43.2 Å². The van der Waals surface area contributed by atoms with Crippen LogP contribution >= 0.6 is 0 Å². The SMILES string of the molecule is CCc1cccc(OCCNC(=O)Nc2ccc(C)cc2)c1. The molecule has 0 unspecified atom stereocenters. The summed E-state index contributed by atoms with van der Waals surface area (Å²) in [6, 6.07) is 15.4. The third kappa shape index (κ3) is 5.13. The number of ether oxygens (including phenoxy) is 1. The monoisotopic (exact) mass is 298 g/mol. The largest absolute Gasteiger partial charge is 0.492 e. The summed E-state index contributed by atoms with van der Waals surface area (Å²) in [5, 5.41) is 5.55. The number of rotatable bonds is 6. The highest BCUT2D eigenvalue weighted by atomic mass is 16.5. The Hall–Kier alpha value is -2.49. The molecule has 0 aromatic heterocycles. The first-order chi connectivity index (χ1) is 10.7. The van der Waals surface area contributed by atoms with Crippen molar-refractivity contribution >= 4 is 11.7 Å². The average Bonchev–Trinajstić information content (AvgIpc) is 2.54. The van der Waals surface area contributed by atoms with Gasteiger partial charge in [-0.25, -0.2) is 4.79 Å². The van der Waals surface area contributed by atoms with Crippen LogP contribution in [0.4, 0.5) is 10.5 Å². The summed E-state index contributed by atoms with van der Waals surface area (Å²) in [5.74, 6) is 0.833. The van der Waals surface area contributed by atoms with Gasteiger partial charge in [0.15, 0.2) is 0 Å². The van der Waals surface area contributed by atoms with E-state index in [9.17, 15) is 4.79 Å². The number of hydrogen-bond acceptors (Lipinski definition) is 2. The van der Waals surface area contributed by atoms with Crippen molar-refractivity contribution < 1.29 is 9.53 Å². The fourth-order valence-electron chi connectivity index (χ4n) is 2.00. The molecule has 0 atom stereocenters. The van der Waals surface area contributed by atoms with E-state index < -0.39 is 0 Å². The van der Waals surface area contributed by atoms with Crippen molar-refractivity contribution in [3.05, 3.63) is 59.7 Å². The van der Waals surface area contributed by atoms with Crippen molar-refractivity contribution in [2.45, 2.75) is 20.3 Å². The molecule has 116 valence electrons. The average molecular weight is 298 g/mol. The lowest BCUT2D eigenvalue weighted by molar-refractivity contribution is 0.247. The van der Waals surface area contributed by atoms with Crippen molar-refractivity contribution in [3.8, 4) is 5.75 Å². The molecule has 2 N–H and O–H groups in total. The van der Waals surface area contributed by atoms with Gasteiger partial charge in [0.1, 0.15) is 12.4 Å². The van der Waals surface area contributed by atoms with Gasteiger partial charge in [-0.3, -0.25) is 0 Å². The Kier molecular flexibility index (Phi) is 5.83. The van der Waals surface area contributed by atoms with E-state index in [0.717, 1.165) is 23.4 Å². The maximum atomic E-state index is 11.7. The van der Waals surface area contributed by atoms with Crippen LogP contribution in [0.1, 0.15) is 18.1 Å². The lowest BCUT2D eigenvalue weighted by Crippen LogP contribution is -2.32. The van der Waals surface area contributed by atoms with Gasteiger partial charge in [0.25, 0.3) is 0 Å². The zero-order valence-electron chi connectivity index (χ0n) is 13.1. The van der Waals surface area contributed by atoms with Crippen molar-refractivity contribution in [1.82, 2.24) is 5.32 Å². The van der Waals surface area contributed by atoms with Crippen LogP contribution in [0.5, 0.6) is 5.75 Å². The van der Waals surface area contributed by atoms with Gasteiger partial charge in [-0.1, -0.05) is 36.8 Å². The van der Waals surface area contributed by atoms with Gasteiger partial charge in [0.05, 0.1) is 6.54 Å². The molecule has 0 heterocycles. The van der Waals surface area contributed by atoms with E-state index in [1.54, 1.807) is 0 Å². The van der Waals surface area contributed by atoms with Crippen molar-refractivity contribution in [1.29, 1.82) is 0 Å². The maximum absolute atomic E-state index is 11.7. The Labute approximate surface area is 131 Å². The molecule has 2 rings (SSSR count). The van der Waals surface area contributed by atoms with Crippen LogP contribution in [0.25, 0.3) is 0 Å². The number of amides is 2. The summed E-state index contributed by atoms with van der Waals surface area (Å²) in [6.07, 6.45) is 0.981. The topological polar surface area (TPSA) is 50.4 Å². The summed E-state index contributed by atoms with van der Waals surface area (Å²) in [7, 11) is 0. The highest BCUT2D eigenvalue weighted by Gasteiger charge is 2.01. The summed E-state index contributed by atoms with van der Waals surface area (Å²) in [5.41, 5.74) is 3.18. The van der Waals surface area contributed by atoms with E-state index in [0.29, 0.717) is 13.2 Å². The highest BCUT2D eigenvalue weighted by Crippen LogP contribution is 2.13. The predicted molar refractivity (Wildman–Crippen MR) is 89.5 cm³/mol. The van der Waals surface area contributed by atoms with Crippen molar-refractivity contribution in [2.75, 3.05) is 18.5 Å². The van der Waals surface area contributed by atoms with Crippen LogP contribution in [0.2, 0.25) is 0 Å². The Bertz CT molecular complexity index is 609. The number of carbonyl (C=O) groups excluding carboxylic acids is 1. The molecule has 0 fully saturated rings. The zero-order chi connectivity index (χ0) is 15.8. The van der Waals surface area contributed by atoms with Gasteiger partial charge in [0, 0.05) is 5.69 Å². The summed E-state index contributed by atoms with van der Waals surface area (Å²) >= 11 is 0. The molecule has 0 bridgehead atoms. The van der Waals surface area contributed by atoms with Crippen LogP contribution in [0.3, 0.4) is 0 Å². The molecule has 22 heavy (non-hydrogen) atoms. The van der Waals surface area contributed by atoms with Crippen molar-refractivity contribution in [2.24, 2.45) is 0 Å². The first kappa shape index (κ1) is 15.9. The van der Waals surface area contributed by atoms with Gasteiger partial charge >= 0.3 is 6.03 Å². The number of benzene rings is 2. The second kappa shape index (κ2) is 8.08. The van der Waals surface area contributed by atoms with E-state index in [4.69, 9.17) is 4.74 Å². The molecule has 0 spiro atoms. The number of anilines is 1. The molecule has 0 aliphatic rings. The molecular formula is C18H22N2O2. The van der Waals surface area contributed by atoms with E-state index in [-0.39, 0.29) is 6.03 Å². The maximum Gasteiger partial charge on any atom is 0.319 e. The number of nitrogens with one attached hydrogen (secondary N) is 2. The Morgan fingerprint density at radius 3 is 2.64 bits per heavy atom. The standard InChI is InChI=1S/C18H22N2O2/c1-3-15-5-4-6-17(13-15)22-12-11-19-18(21)20-16-9-7-14(2)8-10-16/h4-10,13H,3,11-12H2,1-2H3,(H2,19,20,21). The Morgan fingerprint density at radius 1 is 1.14 bits per heavy atom. The van der Waals surface area contributed by atoms with E-state index >= 15 is 0 Å². The molecule has 2 amide bonds. The summed E-state index contributed by atoms with van der Waals surface area (Å²) < 4.78 is 5.62. The van der Waals surface area contributed by atoms with E-state index in [2.05, 4.69) is 23.6 Å². The molecule has 2 aromatic carbocycles. The third-order valence-corrected chi connectivity index (χ3v) is 3.27. The number of carbonyl (C=O) groups is 1. The predicted octanol–water partition coefficient (Wildman–Crippen LogP) is 3.76. The second-order valence-electron chi connectivity index (χ2n) is 5.10. The minimum Gasteiger partial charge on any atom is -0.492 e. The summed E-state index contributed by atoms with van der Waals surface area (Å²) in [6.45, 7) is 5.01. The van der Waals surface area contributed by atoms with Crippen LogP contribution < -0.4 is 15.4 Å². The quantitative estimate of drug-likeness (QED) is 0.798. The molecule has 2 aromatic rings. The fraction of sp³-hybridized carbons (Fsp3) is 0.278. The molecule has 0 saturated carbocycles. The van der Waals surface area contributed by atoms with Crippen LogP contribution in [0.15, 0.2) is 48.5 Å². The minimum absolute atomic E-state index is 0.227. The smallest absolute Gasteiger partial charge is 0.319 e. The summed E-state index contributed by atoms with van der Waals surface area (Å²) in [4.78, 5) is 11.7. The molecule has 0 aliphatic heterocycles. The number of aryl methyl sites for hydroxylation is 2. The first-order valence-electron chi connectivity index (χ1n) is 7.50. The lowest BCUT2D eigenvalue weighted by Gasteiger charge is -2.10. The molecule has 4 heteroatoms. The molecule has 4 nitrogen and oxygen atoms in total. The van der Waals surface area contributed by atoms with Gasteiger partial charge < -0.3 is 15.4 Å². The molecule has 0 aliphatic carbocycles. The zero-order valence-corrected chi connectivity index (χ0v) is 13.1. The lowest BCUT2D eigenvalue weighted by atomic mass is 10.2. The van der Waals surface area contributed by atoms with Gasteiger partial charge in [-0.2, -0.15) is 0 Å². The van der Waals surface area contributed by atoms with Crippen LogP contribution in [0, 0.1) is 6.92 Å². The Balaban J connectivity index is 1.69. The van der Waals surface area contributed by atoms with Crippen LogP contribution in [-0.2, 0) is 6.42 Å². The van der Waals surface area contributed by atoms with Crippen molar-refractivity contribution in [3.63, 3.8) is 0 Å². The van der Waals surface area contributed by atoms with E-state index in [1.165, 1.54) is 5.56 Å². The molecule has 0 radical (unpaired) electrons. The highest BCUT2D eigenvalue weighted by molar-refractivity contribution is 5.89. The van der Waals surface area contributed by atoms with Crippen LogP contribution in [-0.4, -0.2) is 19.2 Å². The van der Waals surface area contributed by atoms with E-state index in [1.807, 2.05) is 49.4 Å². The third-order valence-electron chi connectivity index (χ3n) is 3.27. The molecular weight excluding hydrogens is 276 g/mol. The fourth-order valence-corrected chi connectivity index (χ4v) is 2.00. The minimum atomic E-state index is -0.227. The molecule has 0 saturated heterocycles. The first-order valence-corrected chi connectivity index (χ1v) is 7.50. The van der Waals surface area contributed by atoms with Gasteiger partial charge in [-0.15, -0.1) is 0 Å². The normalized spacial score (nSPS) is 10.1. The number of urea groups is 1.